The number of rotatable bonds is 15. The van der Waals surface area contributed by atoms with E-state index in [2.05, 4.69) is 6.92 Å². The second kappa shape index (κ2) is 15.3. The molecule has 1 fully saturated rings. The monoisotopic (exact) mass is 388 g/mol. The van der Waals surface area contributed by atoms with Gasteiger partial charge in [0.05, 0.1) is 6.61 Å². The fourth-order valence-corrected chi connectivity index (χ4v) is 3.36. The average Bonchev–Trinajstić information content (AvgIpc) is 2.66. The fourth-order valence-electron chi connectivity index (χ4n) is 3.36. The Balaban J connectivity index is 1.90. The van der Waals surface area contributed by atoms with E-state index in [1.807, 2.05) is 0 Å². The maximum Gasteiger partial charge on any atom is 0.308 e. The molecule has 1 saturated heterocycles. The van der Waals surface area contributed by atoms with Gasteiger partial charge in [-0.15, -0.1) is 0 Å². The van der Waals surface area contributed by atoms with E-state index in [4.69, 9.17) is 9.47 Å². The van der Waals surface area contributed by atoms with Crippen LogP contribution >= 0.6 is 0 Å². The zero-order valence-corrected chi connectivity index (χ0v) is 17.0. The molecule has 6 heteroatoms. The van der Waals surface area contributed by atoms with Crippen LogP contribution in [0.2, 0.25) is 0 Å². The highest BCUT2D eigenvalue weighted by Gasteiger charge is 2.39. The first-order valence-electron chi connectivity index (χ1n) is 10.9. The van der Waals surface area contributed by atoms with E-state index in [0.717, 1.165) is 19.3 Å². The summed E-state index contributed by atoms with van der Waals surface area (Å²) in [4.78, 5) is 11.8. The van der Waals surface area contributed by atoms with Crippen LogP contribution in [0, 0.1) is 0 Å². The number of aliphatic hydroxyl groups is 3. The number of carbonyl (C=O) groups excluding carboxylic acids is 1. The van der Waals surface area contributed by atoms with Crippen molar-refractivity contribution in [2.24, 2.45) is 0 Å². The predicted molar refractivity (Wildman–Crippen MR) is 104 cm³/mol. The molecule has 0 radical (unpaired) electrons. The molecule has 1 aliphatic heterocycles. The summed E-state index contributed by atoms with van der Waals surface area (Å²) in [5.41, 5.74) is 0. The van der Waals surface area contributed by atoms with Gasteiger partial charge in [0.1, 0.15) is 18.3 Å². The molecule has 0 amide bonds. The molecule has 4 atom stereocenters. The Morgan fingerprint density at radius 2 is 1.30 bits per heavy atom. The van der Waals surface area contributed by atoms with Crippen molar-refractivity contribution < 1.29 is 29.6 Å². The van der Waals surface area contributed by atoms with E-state index in [9.17, 15) is 20.1 Å². The zero-order valence-electron chi connectivity index (χ0n) is 17.0. The van der Waals surface area contributed by atoms with E-state index in [1.54, 1.807) is 0 Å². The summed E-state index contributed by atoms with van der Waals surface area (Å²) in [6.07, 6.45) is 11.3. The van der Waals surface area contributed by atoms with Gasteiger partial charge < -0.3 is 24.8 Å². The van der Waals surface area contributed by atoms with Gasteiger partial charge in [0.25, 0.3) is 0 Å². The lowest BCUT2D eigenvalue weighted by atomic mass is 10.0. The Labute approximate surface area is 164 Å². The number of esters is 1. The number of ether oxygens (including phenoxy) is 2. The highest BCUT2D eigenvalue weighted by Crippen LogP contribution is 2.18. The van der Waals surface area contributed by atoms with Crippen LogP contribution in [-0.2, 0) is 14.3 Å². The van der Waals surface area contributed by atoms with E-state index >= 15 is 0 Å². The molecular weight excluding hydrogens is 348 g/mol. The van der Waals surface area contributed by atoms with Gasteiger partial charge in [-0.05, 0) is 6.42 Å². The van der Waals surface area contributed by atoms with Crippen LogP contribution in [-0.4, -0.2) is 52.5 Å². The highest BCUT2D eigenvalue weighted by molar-refractivity contribution is 5.69. The first-order valence-corrected chi connectivity index (χ1v) is 10.9. The van der Waals surface area contributed by atoms with Gasteiger partial charge >= 0.3 is 5.97 Å². The van der Waals surface area contributed by atoms with Crippen molar-refractivity contribution in [3.63, 3.8) is 0 Å². The standard InChI is InChI=1S/C21H40O6/c1-2-3-4-5-6-7-8-9-10-11-12-13-14-15-18(23)27-21-20(25)19(24)17(22)16-26-21/h17,19-22,24-25H,2-16H2,1H3/t17-,19+,20-,21?/m1/s1. The van der Waals surface area contributed by atoms with E-state index in [0.29, 0.717) is 0 Å². The van der Waals surface area contributed by atoms with Crippen molar-refractivity contribution in [3.8, 4) is 0 Å². The third-order valence-electron chi connectivity index (χ3n) is 5.19. The van der Waals surface area contributed by atoms with Crippen LogP contribution in [0.3, 0.4) is 0 Å². The summed E-state index contributed by atoms with van der Waals surface area (Å²) in [6.45, 7) is 2.09. The Morgan fingerprint density at radius 1 is 0.815 bits per heavy atom. The average molecular weight is 389 g/mol. The minimum Gasteiger partial charge on any atom is -0.433 e. The maximum absolute atomic E-state index is 11.8. The summed E-state index contributed by atoms with van der Waals surface area (Å²) < 4.78 is 10.1. The first-order chi connectivity index (χ1) is 13.1. The van der Waals surface area contributed by atoms with Gasteiger partial charge in [-0.25, -0.2) is 0 Å². The molecule has 0 aromatic carbocycles. The molecule has 6 nitrogen and oxygen atoms in total. The molecular formula is C21H40O6. The number of carbonyl (C=O) groups is 1. The second-order valence-corrected chi connectivity index (χ2v) is 7.73. The Bertz CT molecular complexity index is 376. The first kappa shape index (κ1) is 24.3. The van der Waals surface area contributed by atoms with E-state index in [1.165, 1.54) is 64.2 Å². The molecule has 1 rings (SSSR count). The lowest BCUT2D eigenvalue weighted by molar-refractivity contribution is -0.262. The molecule has 0 aromatic heterocycles. The minimum absolute atomic E-state index is 0.158. The molecule has 0 aromatic rings. The molecule has 0 bridgehead atoms. The lowest BCUT2D eigenvalue weighted by Crippen LogP contribution is -2.54. The van der Waals surface area contributed by atoms with Crippen LogP contribution < -0.4 is 0 Å². The van der Waals surface area contributed by atoms with Crippen molar-refractivity contribution in [1.29, 1.82) is 0 Å². The molecule has 160 valence electrons. The maximum atomic E-state index is 11.8. The number of hydrogen-bond acceptors (Lipinski definition) is 6. The van der Waals surface area contributed by atoms with Crippen LogP contribution in [0.15, 0.2) is 0 Å². The number of hydrogen-bond donors (Lipinski definition) is 3. The summed E-state index contributed by atoms with van der Waals surface area (Å²) in [7, 11) is 0. The van der Waals surface area contributed by atoms with Crippen LogP contribution in [0.5, 0.6) is 0 Å². The van der Waals surface area contributed by atoms with Gasteiger partial charge in [-0.2, -0.15) is 0 Å². The molecule has 1 aliphatic rings. The fraction of sp³-hybridized carbons (Fsp3) is 0.952. The van der Waals surface area contributed by atoms with Crippen molar-refractivity contribution in [3.05, 3.63) is 0 Å². The minimum atomic E-state index is -1.41. The smallest absolute Gasteiger partial charge is 0.308 e. The van der Waals surface area contributed by atoms with E-state index in [-0.39, 0.29) is 13.0 Å². The largest absolute Gasteiger partial charge is 0.433 e. The molecule has 0 saturated carbocycles. The van der Waals surface area contributed by atoms with Gasteiger partial charge in [-0.1, -0.05) is 84.0 Å². The molecule has 27 heavy (non-hydrogen) atoms. The van der Waals surface area contributed by atoms with Crippen LogP contribution in [0.1, 0.15) is 96.8 Å². The third kappa shape index (κ3) is 11.0. The third-order valence-corrected chi connectivity index (χ3v) is 5.19. The summed E-state index contributed by atoms with van der Waals surface area (Å²) >= 11 is 0. The SMILES string of the molecule is CCCCCCCCCCCCCCCC(=O)OC1OC[C@@H](O)[C@H](O)[C@H]1O. The quantitative estimate of drug-likeness (QED) is 0.294. The van der Waals surface area contributed by atoms with Gasteiger partial charge in [0, 0.05) is 6.42 Å². The molecule has 0 aliphatic carbocycles. The highest BCUT2D eigenvalue weighted by atomic mass is 16.7. The topological polar surface area (TPSA) is 96.2 Å². The Morgan fingerprint density at radius 3 is 1.81 bits per heavy atom. The van der Waals surface area contributed by atoms with Gasteiger partial charge in [0.15, 0.2) is 0 Å². The second-order valence-electron chi connectivity index (χ2n) is 7.73. The molecule has 1 unspecified atom stereocenters. The number of aliphatic hydroxyl groups excluding tert-OH is 3. The summed E-state index contributed by atoms with van der Waals surface area (Å²) in [6, 6.07) is 0. The van der Waals surface area contributed by atoms with Gasteiger partial charge in [-0.3, -0.25) is 4.79 Å². The molecule has 1 heterocycles. The predicted octanol–water partition coefficient (Wildman–Crippen LogP) is 3.45. The molecule has 3 N–H and O–H groups in total. The molecule has 0 spiro atoms. The van der Waals surface area contributed by atoms with Crippen molar-refractivity contribution >= 4 is 5.97 Å². The van der Waals surface area contributed by atoms with Crippen molar-refractivity contribution in [2.75, 3.05) is 6.61 Å². The van der Waals surface area contributed by atoms with Crippen molar-refractivity contribution in [1.82, 2.24) is 0 Å². The normalized spacial score (nSPS) is 25.5. The van der Waals surface area contributed by atoms with Crippen molar-refractivity contribution in [2.45, 2.75) is 121 Å². The van der Waals surface area contributed by atoms with Crippen LogP contribution in [0.4, 0.5) is 0 Å². The Hall–Kier alpha value is -0.690. The van der Waals surface area contributed by atoms with E-state index < -0.39 is 30.6 Å². The van der Waals surface area contributed by atoms with Gasteiger partial charge in [0.2, 0.25) is 6.29 Å². The number of unbranched alkanes of at least 4 members (excludes halogenated alkanes) is 12. The summed E-state index contributed by atoms with van der Waals surface area (Å²) in [5.74, 6) is -0.439. The lowest BCUT2D eigenvalue weighted by Gasteiger charge is -2.34. The Kier molecular flexibility index (Phi) is 13.8. The summed E-state index contributed by atoms with van der Waals surface area (Å²) in [5, 5.41) is 28.6. The zero-order chi connectivity index (χ0) is 19.9. The van der Waals surface area contributed by atoms with Crippen LogP contribution in [0.25, 0.3) is 0 Å².